The van der Waals surface area contributed by atoms with Gasteiger partial charge in [-0.1, -0.05) is 13.3 Å². The van der Waals surface area contributed by atoms with Gasteiger partial charge >= 0.3 is 12.0 Å². The SMILES string of the molecule is CCCC(CC(=O)O)NC(=O)NCCN(C)C1CC1. The first-order valence-corrected chi connectivity index (χ1v) is 6.99. The van der Waals surface area contributed by atoms with E-state index >= 15 is 0 Å². The van der Waals surface area contributed by atoms with Crippen LogP contribution in [0.4, 0.5) is 4.79 Å². The number of nitrogens with zero attached hydrogens (tertiary/aromatic N) is 1. The summed E-state index contributed by atoms with van der Waals surface area (Å²) in [4.78, 5) is 24.6. The van der Waals surface area contributed by atoms with Crippen molar-refractivity contribution in [3.05, 3.63) is 0 Å². The van der Waals surface area contributed by atoms with Crippen molar-refractivity contribution >= 4 is 12.0 Å². The lowest BCUT2D eigenvalue weighted by molar-refractivity contribution is -0.137. The normalized spacial score (nSPS) is 16.2. The molecular formula is C13H25N3O3. The summed E-state index contributed by atoms with van der Waals surface area (Å²) < 4.78 is 0. The van der Waals surface area contributed by atoms with E-state index in [1.807, 2.05) is 6.92 Å². The second-order valence-electron chi connectivity index (χ2n) is 5.20. The number of rotatable bonds is 9. The molecule has 6 nitrogen and oxygen atoms in total. The van der Waals surface area contributed by atoms with Crippen molar-refractivity contribution in [1.82, 2.24) is 15.5 Å². The van der Waals surface area contributed by atoms with E-state index in [4.69, 9.17) is 5.11 Å². The largest absolute Gasteiger partial charge is 0.481 e. The minimum Gasteiger partial charge on any atom is -0.481 e. The zero-order valence-corrected chi connectivity index (χ0v) is 11.8. The number of carboxylic acids is 1. The molecule has 110 valence electrons. The van der Waals surface area contributed by atoms with Crippen LogP contribution >= 0.6 is 0 Å². The average molecular weight is 271 g/mol. The van der Waals surface area contributed by atoms with E-state index in [9.17, 15) is 9.59 Å². The first-order chi connectivity index (χ1) is 9.02. The Hall–Kier alpha value is -1.30. The molecule has 1 aliphatic carbocycles. The molecule has 0 aromatic heterocycles. The van der Waals surface area contributed by atoms with Crippen LogP contribution in [0.2, 0.25) is 0 Å². The molecule has 1 saturated carbocycles. The van der Waals surface area contributed by atoms with E-state index in [1.165, 1.54) is 12.8 Å². The van der Waals surface area contributed by atoms with E-state index < -0.39 is 5.97 Å². The Morgan fingerprint density at radius 1 is 1.42 bits per heavy atom. The monoisotopic (exact) mass is 271 g/mol. The summed E-state index contributed by atoms with van der Waals surface area (Å²) in [5.74, 6) is -0.882. The summed E-state index contributed by atoms with van der Waals surface area (Å²) in [7, 11) is 2.06. The molecule has 2 amide bonds. The van der Waals surface area contributed by atoms with Crippen LogP contribution in [0.15, 0.2) is 0 Å². The molecule has 6 heteroatoms. The van der Waals surface area contributed by atoms with Crippen molar-refractivity contribution in [2.75, 3.05) is 20.1 Å². The molecule has 0 aliphatic heterocycles. The predicted octanol–water partition coefficient (Wildman–Crippen LogP) is 1.02. The highest BCUT2D eigenvalue weighted by Crippen LogP contribution is 2.24. The van der Waals surface area contributed by atoms with Gasteiger partial charge in [0.1, 0.15) is 0 Å². The van der Waals surface area contributed by atoms with Crippen molar-refractivity contribution in [3.63, 3.8) is 0 Å². The fraction of sp³-hybridized carbons (Fsp3) is 0.846. The van der Waals surface area contributed by atoms with Crippen LogP contribution in [0.5, 0.6) is 0 Å². The second kappa shape index (κ2) is 7.99. The number of carbonyl (C=O) groups excluding carboxylic acids is 1. The molecule has 1 atom stereocenters. The van der Waals surface area contributed by atoms with E-state index in [0.717, 1.165) is 13.0 Å². The van der Waals surface area contributed by atoms with Gasteiger partial charge in [-0.25, -0.2) is 4.79 Å². The predicted molar refractivity (Wildman–Crippen MR) is 73.1 cm³/mol. The zero-order valence-electron chi connectivity index (χ0n) is 11.8. The van der Waals surface area contributed by atoms with Crippen molar-refractivity contribution in [2.24, 2.45) is 0 Å². The van der Waals surface area contributed by atoms with E-state index in [1.54, 1.807) is 0 Å². The minimum absolute atomic E-state index is 0.0246. The zero-order chi connectivity index (χ0) is 14.3. The lowest BCUT2D eigenvalue weighted by atomic mass is 10.1. The van der Waals surface area contributed by atoms with Gasteiger partial charge in [0.25, 0.3) is 0 Å². The average Bonchev–Trinajstić information content (AvgIpc) is 3.11. The van der Waals surface area contributed by atoms with Crippen molar-refractivity contribution in [1.29, 1.82) is 0 Å². The number of carboxylic acid groups (broad SMARTS) is 1. The van der Waals surface area contributed by atoms with Gasteiger partial charge < -0.3 is 20.6 Å². The number of urea groups is 1. The number of amides is 2. The maximum atomic E-state index is 11.6. The van der Waals surface area contributed by atoms with Gasteiger partial charge in [0.15, 0.2) is 0 Å². The Labute approximate surface area is 114 Å². The first-order valence-electron chi connectivity index (χ1n) is 6.99. The Kier molecular flexibility index (Phi) is 6.62. The first kappa shape index (κ1) is 15.8. The van der Waals surface area contributed by atoms with E-state index in [2.05, 4.69) is 22.6 Å². The number of hydrogen-bond acceptors (Lipinski definition) is 3. The van der Waals surface area contributed by atoms with Gasteiger partial charge in [0.2, 0.25) is 0 Å². The fourth-order valence-corrected chi connectivity index (χ4v) is 2.06. The standard InChI is InChI=1S/C13H25N3O3/c1-3-4-10(9-12(17)18)15-13(19)14-7-8-16(2)11-5-6-11/h10-11H,3-9H2,1-2H3,(H,17,18)(H2,14,15,19). The van der Waals surface area contributed by atoms with Gasteiger partial charge in [-0.15, -0.1) is 0 Å². The third-order valence-electron chi connectivity index (χ3n) is 3.31. The van der Waals surface area contributed by atoms with E-state index in [-0.39, 0.29) is 18.5 Å². The molecule has 3 N–H and O–H groups in total. The third-order valence-corrected chi connectivity index (χ3v) is 3.31. The molecule has 0 heterocycles. The Bertz CT molecular complexity index is 306. The Balaban J connectivity index is 2.17. The van der Waals surface area contributed by atoms with Gasteiger partial charge in [-0.2, -0.15) is 0 Å². The molecule has 0 saturated heterocycles. The molecule has 0 aromatic rings. The minimum atomic E-state index is -0.882. The second-order valence-corrected chi connectivity index (χ2v) is 5.20. The highest BCUT2D eigenvalue weighted by molar-refractivity contribution is 5.75. The lowest BCUT2D eigenvalue weighted by Gasteiger charge is -2.18. The summed E-state index contributed by atoms with van der Waals surface area (Å²) in [5, 5.41) is 14.3. The molecule has 1 unspecified atom stereocenters. The number of likely N-dealkylation sites (N-methyl/N-ethyl adjacent to an activating group) is 1. The number of nitrogens with one attached hydrogen (secondary N) is 2. The van der Waals surface area contributed by atoms with Crippen LogP contribution in [0.1, 0.15) is 39.0 Å². The highest BCUT2D eigenvalue weighted by Gasteiger charge is 2.25. The highest BCUT2D eigenvalue weighted by atomic mass is 16.4. The van der Waals surface area contributed by atoms with Crippen molar-refractivity contribution < 1.29 is 14.7 Å². The number of carbonyl (C=O) groups is 2. The summed E-state index contributed by atoms with van der Waals surface area (Å²) in [6.07, 6.45) is 4.01. The molecule has 0 spiro atoms. The van der Waals surface area contributed by atoms with Crippen LogP contribution in [0, 0.1) is 0 Å². The van der Waals surface area contributed by atoms with Crippen LogP contribution < -0.4 is 10.6 Å². The van der Waals surface area contributed by atoms with Crippen LogP contribution in [-0.2, 0) is 4.79 Å². The third kappa shape index (κ3) is 7.00. The molecule has 1 aliphatic rings. The fourth-order valence-electron chi connectivity index (χ4n) is 2.06. The van der Waals surface area contributed by atoms with Gasteiger partial charge in [-0.05, 0) is 26.3 Å². The summed E-state index contributed by atoms with van der Waals surface area (Å²) in [6.45, 7) is 3.39. The maximum Gasteiger partial charge on any atom is 0.315 e. The molecular weight excluding hydrogens is 246 g/mol. The summed E-state index contributed by atoms with van der Waals surface area (Å²) in [5.41, 5.74) is 0. The van der Waals surface area contributed by atoms with Gasteiger partial charge in [-0.3, -0.25) is 4.79 Å². The molecule has 19 heavy (non-hydrogen) atoms. The quantitative estimate of drug-likeness (QED) is 0.585. The smallest absolute Gasteiger partial charge is 0.315 e. The van der Waals surface area contributed by atoms with Gasteiger partial charge in [0.05, 0.1) is 6.42 Å². The van der Waals surface area contributed by atoms with Crippen LogP contribution in [-0.4, -0.2) is 54.2 Å². The topological polar surface area (TPSA) is 81.7 Å². The van der Waals surface area contributed by atoms with Crippen LogP contribution in [0.25, 0.3) is 0 Å². The molecule has 0 radical (unpaired) electrons. The summed E-state index contributed by atoms with van der Waals surface area (Å²) >= 11 is 0. The van der Waals surface area contributed by atoms with Crippen molar-refractivity contribution in [3.8, 4) is 0 Å². The Morgan fingerprint density at radius 2 is 2.11 bits per heavy atom. The lowest BCUT2D eigenvalue weighted by Crippen LogP contribution is -2.45. The molecule has 1 fully saturated rings. The number of hydrogen-bond donors (Lipinski definition) is 3. The van der Waals surface area contributed by atoms with E-state index in [0.29, 0.717) is 19.0 Å². The van der Waals surface area contributed by atoms with Crippen molar-refractivity contribution in [2.45, 2.75) is 51.1 Å². The van der Waals surface area contributed by atoms with Gasteiger partial charge in [0, 0.05) is 25.2 Å². The molecule has 0 bridgehead atoms. The maximum absolute atomic E-state index is 11.6. The Morgan fingerprint density at radius 3 is 2.63 bits per heavy atom. The summed E-state index contributed by atoms with van der Waals surface area (Å²) in [6, 6.07) is 0.122. The molecule has 0 aromatic carbocycles. The number of aliphatic carboxylic acids is 1. The molecule has 1 rings (SSSR count). The van der Waals surface area contributed by atoms with Crippen LogP contribution in [0.3, 0.4) is 0 Å².